The van der Waals surface area contributed by atoms with Gasteiger partial charge < -0.3 is 20.4 Å². The van der Waals surface area contributed by atoms with Gasteiger partial charge in [0, 0.05) is 66.6 Å². The molecule has 0 radical (unpaired) electrons. The summed E-state index contributed by atoms with van der Waals surface area (Å²) in [7, 11) is 0. The zero-order valence-corrected chi connectivity index (χ0v) is 36.7. The fourth-order valence-corrected chi connectivity index (χ4v) is 8.00. The van der Waals surface area contributed by atoms with Crippen molar-refractivity contribution in [2.75, 3.05) is 36.8 Å². The predicted octanol–water partition coefficient (Wildman–Crippen LogP) is 9.29. The van der Waals surface area contributed by atoms with E-state index in [1.807, 2.05) is 103 Å². The molecule has 2 aromatic heterocycles. The van der Waals surface area contributed by atoms with Crippen molar-refractivity contribution in [1.29, 1.82) is 5.26 Å². The van der Waals surface area contributed by atoms with Crippen LogP contribution in [-0.4, -0.2) is 78.2 Å². The molecule has 0 saturated carbocycles. The molecule has 13 nitrogen and oxygen atoms in total. The monoisotopic (exact) mass is 841 g/mol. The topological polar surface area (TPSA) is 172 Å². The Morgan fingerprint density at radius 2 is 1.17 bits per heavy atom. The predicted molar refractivity (Wildman–Crippen MR) is 246 cm³/mol. The molecule has 2 aliphatic rings. The highest BCUT2D eigenvalue weighted by molar-refractivity contribution is 5.96. The number of hydrogen-bond acceptors (Lipinski definition) is 9. The van der Waals surface area contributed by atoms with Gasteiger partial charge in [-0.15, -0.1) is 16.6 Å². The summed E-state index contributed by atoms with van der Waals surface area (Å²) in [6.07, 6.45) is 9.98. The van der Waals surface area contributed by atoms with Crippen molar-refractivity contribution >= 4 is 35.1 Å². The van der Waals surface area contributed by atoms with Crippen LogP contribution < -0.4 is 10.6 Å². The van der Waals surface area contributed by atoms with E-state index in [0.29, 0.717) is 40.4 Å². The molecule has 4 aromatic carbocycles. The second-order valence-electron chi connectivity index (χ2n) is 16.6. The number of carbonyl (C=O) groups excluding carboxylic acids is 2. The number of carbonyl (C=O) groups is 2. The van der Waals surface area contributed by atoms with E-state index in [4.69, 9.17) is 11.7 Å². The first-order valence-corrected chi connectivity index (χ1v) is 21.8. The molecule has 4 heterocycles. The van der Waals surface area contributed by atoms with E-state index in [1.165, 1.54) is 11.1 Å². The van der Waals surface area contributed by atoms with Crippen LogP contribution in [0.15, 0.2) is 84.9 Å². The smallest absolute Gasteiger partial charge is 0.253 e. The third-order valence-corrected chi connectivity index (χ3v) is 12.0. The standard InChI is InChI=1S/C25H28N6O.C25H27N5O/c1-16(2)23-28-25(30-29-23)27-22-14-21(7-4-17(22)3)24(32)31-12-10-20(11-13-31)19-8-5-18(15-26)6-9-19;1-4-18-7-10-19(11-8-18)20-12-14-30(15-13-20)24(31)21-9-6-17(3)22(16-21)26-25-27-23(5-2)28-29-25/h4-9,14,16,20H,10-13H2,1-3H3,(H2,27,28,29,30);1,6-11,16,20H,5,12-15H2,2-3H3,(H2,26,27,28,29). The van der Waals surface area contributed by atoms with E-state index in [-0.39, 0.29) is 17.7 Å². The third kappa shape index (κ3) is 10.8. The van der Waals surface area contributed by atoms with Crippen molar-refractivity contribution in [2.24, 2.45) is 0 Å². The Kier molecular flexibility index (Phi) is 14.0. The second kappa shape index (κ2) is 20.1. The van der Waals surface area contributed by atoms with Gasteiger partial charge in [-0.3, -0.25) is 19.8 Å². The fraction of sp³-hybridized carbons (Fsp3) is 0.340. The molecule has 0 atom stereocenters. The number of hydrogen-bond donors (Lipinski definition) is 4. The first kappa shape index (κ1) is 43.8. The first-order chi connectivity index (χ1) is 30.5. The summed E-state index contributed by atoms with van der Waals surface area (Å²) in [6.45, 7) is 13.1. The van der Waals surface area contributed by atoms with Crippen LogP contribution in [0.5, 0.6) is 0 Å². The molecule has 2 saturated heterocycles. The number of nitrogens with zero attached hydrogens (tertiary/aromatic N) is 7. The molecule has 0 aliphatic carbocycles. The van der Waals surface area contributed by atoms with Crippen molar-refractivity contribution in [3.8, 4) is 18.4 Å². The molecule has 2 aliphatic heterocycles. The number of amides is 2. The summed E-state index contributed by atoms with van der Waals surface area (Å²) in [6, 6.07) is 29.6. The quantitative estimate of drug-likeness (QED) is 0.0982. The largest absolute Gasteiger partial charge is 0.339 e. The minimum Gasteiger partial charge on any atom is -0.339 e. The highest BCUT2D eigenvalue weighted by atomic mass is 16.2. The molecule has 2 amide bonds. The van der Waals surface area contributed by atoms with E-state index in [2.05, 4.69) is 79.0 Å². The number of H-pyrrole nitrogens is 2. The number of likely N-dealkylation sites (tertiary alicyclic amines) is 2. The van der Waals surface area contributed by atoms with Gasteiger partial charge in [0.05, 0.1) is 11.6 Å². The molecule has 2 fully saturated rings. The lowest BCUT2D eigenvalue weighted by Gasteiger charge is -2.32. The lowest BCUT2D eigenvalue weighted by Crippen LogP contribution is -2.37. The highest BCUT2D eigenvalue weighted by Crippen LogP contribution is 2.31. The number of terminal acetylenes is 1. The zero-order valence-electron chi connectivity index (χ0n) is 36.7. The number of piperidine rings is 2. The minimum atomic E-state index is 0.0455. The second-order valence-corrected chi connectivity index (χ2v) is 16.6. The van der Waals surface area contributed by atoms with Gasteiger partial charge in [0.2, 0.25) is 11.9 Å². The number of nitrogens with one attached hydrogen (secondary N) is 4. The average Bonchev–Trinajstić information content (AvgIpc) is 4.00. The highest BCUT2D eigenvalue weighted by Gasteiger charge is 2.27. The SMILES string of the molecule is C#Cc1ccc(C2CCN(C(=O)c3ccc(C)c(Nc4n[nH]c(CC)n4)c3)CC2)cc1.Cc1ccc(C(=O)N2CCC(c3ccc(C#N)cc3)CC2)cc1Nc1n[nH]c(C(C)C)n1. The summed E-state index contributed by atoms with van der Waals surface area (Å²) in [5.74, 6) is 6.58. The Morgan fingerprint density at radius 1 is 0.714 bits per heavy atom. The van der Waals surface area contributed by atoms with E-state index < -0.39 is 0 Å². The lowest BCUT2D eigenvalue weighted by atomic mass is 9.89. The summed E-state index contributed by atoms with van der Waals surface area (Å²) < 4.78 is 0. The van der Waals surface area contributed by atoms with Gasteiger partial charge in [0.1, 0.15) is 11.6 Å². The van der Waals surface area contributed by atoms with Crippen molar-refractivity contribution in [2.45, 2.75) is 84.5 Å². The van der Waals surface area contributed by atoms with E-state index >= 15 is 0 Å². The molecule has 13 heteroatoms. The van der Waals surface area contributed by atoms with Crippen LogP contribution in [0.1, 0.15) is 130 Å². The number of rotatable bonds is 10. The van der Waals surface area contributed by atoms with Gasteiger partial charge in [-0.1, -0.05) is 63.1 Å². The maximum atomic E-state index is 13.2. The summed E-state index contributed by atoms with van der Waals surface area (Å²) in [5, 5.41) is 29.7. The Morgan fingerprint density at radius 3 is 1.59 bits per heavy atom. The average molecular weight is 842 g/mol. The van der Waals surface area contributed by atoms with Crippen molar-refractivity contribution in [1.82, 2.24) is 40.2 Å². The number of nitriles is 1. The summed E-state index contributed by atoms with van der Waals surface area (Å²) in [5.41, 5.74) is 9.19. The van der Waals surface area contributed by atoms with Crippen molar-refractivity contribution < 1.29 is 9.59 Å². The van der Waals surface area contributed by atoms with E-state index in [0.717, 1.165) is 98.0 Å². The molecule has 0 bridgehead atoms. The van der Waals surface area contributed by atoms with Crippen molar-refractivity contribution in [3.63, 3.8) is 0 Å². The summed E-state index contributed by atoms with van der Waals surface area (Å²) >= 11 is 0. The Balaban J connectivity index is 0.000000189. The van der Waals surface area contributed by atoms with Crippen molar-refractivity contribution in [3.05, 3.63) is 141 Å². The molecule has 0 spiro atoms. The molecule has 0 unspecified atom stereocenters. The first-order valence-electron chi connectivity index (χ1n) is 21.8. The third-order valence-electron chi connectivity index (χ3n) is 12.0. The molecule has 6 aromatic rings. The number of aryl methyl sites for hydroxylation is 3. The molecular weight excluding hydrogens is 787 g/mol. The number of anilines is 4. The van der Waals surface area contributed by atoms with Crippen LogP contribution in [-0.2, 0) is 6.42 Å². The molecule has 322 valence electrons. The molecule has 4 N–H and O–H groups in total. The van der Waals surface area contributed by atoms with Crippen LogP contribution in [0.4, 0.5) is 23.3 Å². The van der Waals surface area contributed by atoms with E-state index in [1.54, 1.807) is 0 Å². The van der Waals surface area contributed by atoms with Gasteiger partial charge >= 0.3 is 0 Å². The van der Waals surface area contributed by atoms with Crippen LogP contribution >= 0.6 is 0 Å². The van der Waals surface area contributed by atoms with E-state index in [9.17, 15) is 9.59 Å². The van der Waals surface area contributed by atoms with Crippen LogP contribution in [0.25, 0.3) is 0 Å². The number of aromatic amines is 2. The minimum absolute atomic E-state index is 0.0455. The Hall–Kier alpha value is -7.25. The lowest BCUT2D eigenvalue weighted by molar-refractivity contribution is 0.0705. The molecular formula is C50H55N11O2. The van der Waals surface area contributed by atoms with Gasteiger partial charge in [0.15, 0.2) is 0 Å². The fourth-order valence-electron chi connectivity index (χ4n) is 8.00. The van der Waals surface area contributed by atoms with Gasteiger partial charge in [-0.25, -0.2) is 0 Å². The number of benzene rings is 4. The number of aromatic nitrogens is 6. The van der Waals surface area contributed by atoms with Gasteiger partial charge in [0.25, 0.3) is 11.8 Å². The summed E-state index contributed by atoms with van der Waals surface area (Å²) in [4.78, 5) is 39.0. The Labute approximate surface area is 369 Å². The molecule has 63 heavy (non-hydrogen) atoms. The van der Waals surface area contributed by atoms with Crippen LogP contribution in [0, 0.1) is 37.5 Å². The maximum absolute atomic E-state index is 13.2. The van der Waals surface area contributed by atoms with Gasteiger partial charge in [-0.2, -0.15) is 15.2 Å². The Bertz CT molecular complexity index is 2600. The molecule has 8 rings (SSSR count). The zero-order chi connectivity index (χ0) is 44.5. The van der Waals surface area contributed by atoms with Crippen LogP contribution in [0.3, 0.4) is 0 Å². The van der Waals surface area contributed by atoms with Crippen LogP contribution in [0.2, 0.25) is 0 Å². The van der Waals surface area contributed by atoms with Gasteiger partial charge in [-0.05, 0) is 122 Å². The normalized spacial score (nSPS) is 14.3. The maximum Gasteiger partial charge on any atom is 0.253 e.